The first kappa shape index (κ1) is 65.2. The molecule has 0 atom stereocenters. The van der Waals surface area contributed by atoms with E-state index in [0.717, 1.165) is 85.1 Å². The van der Waals surface area contributed by atoms with E-state index in [4.69, 9.17) is 22.9 Å². The van der Waals surface area contributed by atoms with Gasteiger partial charge in [-0.25, -0.2) is 46.7 Å². The number of halogens is 4. The van der Waals surface area contributed by atoms with E-state index in [-0.39, 0.29) is 23.7 Å². The van der Waals surface area contributed by atoms with Gasteiger partial charge in [-0.05, 0) is 158 Å². The van der Waals surface area contributed by atoms with E-state index in [1.165, 1.54) is 37.2 Å². The van der Waals surface area contributed by atoms with Crippen molar-refractivity contribution in [3.05, 3.63) is 199 Å². The molecule has 0 aliphatic heterocycles. The van der Waals surface area contributed by atoms with Gasteiger partial charge in [0.25, 0.3) is 0 Å². The van der Waals surface area contributed by atoms with Crippen LogP contribution in [0.4, 0.5) is 11.4 Å². The SMILES string of the molecule is CS(=O)(=O)Nc1cc(NS(C)(=O)=O)cc(-c2ccc(-c3cncnc3)cc2CCC(N)=O)c1.NC(=O)/C=C/c1cc(-c2cncnc2)ccc1Br.NC(=O)/C=C/c1cc(I)ccc1Br.NC(=O)CCc1cc(-c2cncnc2)ccc1Br. The van der Waals surface area contributed by atoms with Gasteiger partial charge in [-0.3, -0.25) is 28.6 Å². The van der Waals surface area contributed by atoms with Crippen LogP contribution in [0, 0.1) is 3.57 Å². The lowest BCUT2D eigenvalue weighted by Gasteiger charge is -2.15. The molecule has 3 heterocycles. The topological polar surface area (TPSA) is 342 Å². The number of benzene rings is 5. The van der Waals surface area contributed by atoms with Gasteiger partial charge >= 0.3 is 0 Å². The second-order valence-corrected chi connectivity index (χ2v) is 24.7. The Morgan fingerprint density at radius 2 is 0.854 bits per heavy atom. The molecule has 82 heavy (non-hydrogen) atoms. The molecule has 8 aromatic rings. The third-order valence-electron chi connectivity index (χ3n) is 10.8. The van der Waals surface area contributed by atoms with Crippen LogP contribution in [0.2, 0.25) is 0 Å². The van der Waals surface area contributed by atoms with Crippen molar-refractivity contribution in [3.63, 3.8) is 0 Å². The highest BCUT2D eigenvalue weighted by Crippen LogP contribution is 2.34. The summed E-state index contributed by atoms with van der Waals surface area (Å²) in [5, 5.41) is 0. The summed E-state index contributed by atoms with van der Waals surface area (Å²) in [5.41, 5.74) is 31.3. The zero-order chi connectivity index (χ0) is 60.0. The number of nitrogens with one attached hydrogen (secondary N) is 2. The molecule has 0 saturated heterocycles. The van der Waals surface area contributed by atoms with Crippen LogP contribution < -0.4 is 32.4 Å². The predicted octanol–water partition coefficient (Wildman–Crippen LogP) is 9.25. The molecule has 0 spiro atoms. The monoisotopic (exact) mass is 1450 g/mol. The number of rotatable bonds is 18. The fourth-order valence-corrected chi connectivity index (χ4v) is 10.0. The summed E-state index contributed by atoms with van der Waals surface area (Å²) < 4.78 is 55.8. The number of nitrogens with two attached hydrogens (primary N) is 4. The number of nitrogens with zero attached hydrogens (tertiary/aromatic N) is 6. The van der Waals surface area contributed by atoms with Gasteiger partial charge < -0.3 is 22.9 Å². The van der Waals surface area contributed by atoms with E-state index in [2.05, 4.69) is 110 Å². The lowest BCUT2D eigenvalue weighted by atomic mass is 9.92. The molecular formula is C56H52Br3IN12O8S2. The minimum Gasteiger partial charge on any atom is -0.370 e. The fraction of sp³-hybridized carbons (Fsp3) is 0.107. The van der Waals surface area contributed by atoms with Crippen LogP contribution in [-0.2, 0) is 52.1 Å². The van der Waals surface area contributed by atoms with Gasteiger partial charge in [0.15, 0.2) is 0 Å². The largest absolute Gasteiger partial charge is 0.370 e. The number of hydrogen-bond acceptors (Lipinski definition) is 14. The van der Waals surface area contributed by atoms with Crippen molar-refractivity contribution in [3.8, 4) is 44.5 Å². The first-order valence-electron chi connectivity index (χ1n) is 23.9. The molecule has 424 valence electrons. The number of anilines is 2. The Morgan fingerprint density at radius 1 is 0.476 bits per heavy atom. The highest BCUT2D eigenvalue weighted by Gasteiger charge is 2.15. The maximum absolute atomic E-state index is 11.8. The van der Waals surface area contributed by atoms with Crippen LogP contribution in [-0.4, -0.2) is 82.9 Å². The van der Waals surface area contributed by atoms with Gasteiger partial charge in [0.05, 0.1) is 23.9 Å². The normalized spacial score (nSPS) is 11.0. The van der Waals surface area contributed by atoms with Crippen LogP contribution >= 0.6 is 70.4 Å². The smallest absolute Gasteiger partial charge is 0.241 e. The maximum atomic E-state index is 11.8. The Kier molecular flexibility index (Phi) is 25.1. The first-order chi connectivity index (χ1) is 38.8. The van der Waals surface area contributed by atoms with Gasteiger partial charge in [0.2, 0.25) is 43.7 Å². The van der Waals surface area contributed by atoms with Crippen LogP contribution in [0.25, 0.3) is 56.7 Å². The number of aryl methyl sites for hydroxylation is 2. The lowest BCUT2D eigenvalue weighted by molar-refractivity contribution is -0.118. The van der Waals surface area contributed by atoms with Gasteiger partial charge in [0.1, 0.15) is 19.0 Å². The molecule has 0 unspecified atom stereocenters. The molecule has 8 rings (SSSR count). The Bertz CT molecular complexity index is 3800. The van der Waals surface area contributed by atoms with E-state index in [1.54, 1.807) is 61.5 Å². The Labute approximate surface area is 512 Å². The zero-order valence-corrected chi connectivity index (χ0v) is 52.1. The summed E-state index contributed by atoms with van der Waals surface area (Å²) in [7, 11) is -7.23. The van der Waals surface area contributed by atoms with Crippen molar-refractivity contribution < 1.29 is 36.0 Å². The summed E-state index contributed by atoms with van der Waals surface area (Å²) in [4.78, 5) is 67.5. The molecule has 3 aromatic heterocycles. The van der Waals surface area contributed by atoms with Crippen LogP contribution in [0.5, 0.6) is 0 Å². The number of hydrogen-bond donors (Lipinski definition) is 6. The van der Waals surface area contributed by atoms with E-state index in [0.29, 0.717) is 30.4 Å². The molecular weight excluding hydrogens is 1400 g/mol. The van der Waals surface area contributed by atoms with Crippen molar-refractivity contribution in [1.29, 1.82) is 0 Å². The molecule has 5 aromatic carbocycles. The van der Waals surface area contributed by atoms with Crippen LogP contribution in [0.1, 0.15) is 35.1 Å². The Balaban J connectivity index is 0.000000214. The van der Waals surface area contributed by atoms with Crippen molar-refractivity contribution in [2.24, 2.45) is 22.9 Å². The number of carbonyl (C=O) groups excluding carboxylic acids is 4. The Morgan fingerprint density at radius 3 is 1.28 bits per heavy atom. The van der Waals surface area contributed by atoms with Gasteiger partial charge in [-0.2, -0.15) is 0 Å². The number of amides is 4. The van der Waals surface area contributed by atoms with E-state index in [1.807, 2.05) is 72.8 Å². The molecule has 20 nitrogen and oxygen atoms in total. The number of aromatic nitrogens is 6. The highest BCUT2D eigenvalue weighted by molar-refractivity contribution is 14.1. The average Bonchev–Trinajstić information content (AvgIpc) is 3.46. The second kappa shape index (κ2) is 31.5. The summed E-state index contributed by atoms with van der Waals surface area (Å²) in [5.74, 6) is -1.68. The highest BCUT2D eigenvalue weighted by atomic mass is 127. The van der Waals surface area contributed by atoms with E-state index >= 15 is 0 Å². The third-order valence-corrected chi connectivity index (χ3v) is 14.9. The summed E-state index contributed by atoms with van der Waals surface area (Å²) in [6.07, 6.45) is 24.1. The summed E-state index contributed by atoms with van der Waals surface area (Å²) in [6.45, 7) is 0. The Hall–Kier alpha value is -7.63. The molecule has 0 aliphatic rings. The summed E-state index contributed by atoms with van der Waals surface area (Å²) >= 11 is 12.5. The predicted molar refractivity (Wildman–Crippen MR) is 339 cm³/mol. The van der Waals surface area contributed by atoms with Crippen LogP contribution in [0.15, 0.2) is 173 Å². The van der Waals surface area contributed by atoms with Gasteiger partial charge in [-0.15, -0.1) is 0 Å². The first-order valence-corrected chi connectivity index (χ1v) is 31.1. The molecule has 0 saturated carbocycles. The average molecular weight is 1450 g/mol. The quantitative estimate of drug-likeness (QED) is 0.0344. The van der Waals surface area contributed by atoms with Crippen molar-refractivity contribution in [1.82, 2.24) is 29.9 Å². The van der Waals surface area contributed by atoms with Crippen molar-refractivity contribution in [2.45, 2.75) is 25.7 Å². The summed E-state index contributed by atoms with van der Waals surface area (Å²) in [6, 6.07) is 27.7. The fourth-order valence-electron chi connectivity index (χ4n) is 7.23. The molecule has 26 heteroatoms. The van der Waals surface area contributed by atoms with Crippen LogP contribution in [0.3, 0.4) is 0 Å². The molecule has 10 N–H and O–H groups in total. The van der Waals surface area contributed by atoms with Crippen molar-refractivity contribution >= 4 is 138 Å². The molecule has 0 fully saturated rings. The molecule has 0 bridgehead atoms. The molecule has 0 aliphatic carbocycles. The maximum Gasteiger partial charge on any atom is 0.241 e. The number of primary amides is 4. The molecule has 4 amide bonds. The van der Waals surface area contributed by atoms with Crippen molar-refractivity contribution in [2.75, 3.05) is 22.0 Å². The number of carbonyl (C=O) groups is 4. The number of sulfonamides is 2. The minimum absolute atomic E-state index is 0.0947. The lowest BCUT2D eigenvalue weighted by Crippen LogP contribution is -2.13. The van der Waals surface area contributed by atoms with E-state index < -0.39 is 37.8 Å². The van der Waals surface area contributed by atoms with Gasteiger partial charge in [0, 0.05) is 95.9 Å². The molecule has 0 radical (unpaired) electrons. The minimum atomic E-state index is -3.61. The third kappa shape index (κ3) is 23.1. The zero-order valence-electron chi connectivity index (χ0n) is 43.6. The van der Waals surface area contributed by atoms with E-state index in [9.17, 15) is 36.0 Å². The van der Waals surface area contributed by atoms with Gasteiger partial charge in [-0.1, -0.05) is 78.1 Å². The standard InChI is InChI=1S/C21H23N5O5S2.C13H12BrN3O.C13H10BrN3O.C9H7BrINO/c1-32(28,29)25-18-8-16(9-19(10-18)26-33(2,30)31)20-5-3-14(17-11-23-13-24-12-17)7-15(20)4-6-21(22)27;2*14-12-3-1-9(11-6-16-8-17-7-11)5-10(12)2-4-13(15)18;10-8-3-2-7(11)5-6(8)1-4-9(12)13/h3,5,7-13,25-26H,4,6H2,1-2H3,(H2,22,27);1,3,5-8H,2,4H2,(H2,15,18);1-8H,(H2,15,18);1-5H,(H2,12,13)/b;;4-2+;4-1+. The second-order valence-electron chi connectivity index (χ2n) is 17.4.